The summed E-state index contributed by atoms with van der Waals surface area (Å²) in [5.41, 5.74) is 1.22. The van der Waals surface area contributed by atoms with Crippen LogP contribution in [0.25, 0.3) is 5.76 Å². The van der Waals surface area contributed by atoms with Crippen molar-refractivity contribution in [3.63, 3.8) is 0 Å². The predicted octanol–water partition coefficient (Wildman–Crippen LogP) is 5.86. The van der Waals surface area contributed by atoms with Gasteiger partial charge in [-0.1, -0.05) is 31.9 Å². The fraction of sp³-hybridized carbons (Fsp3) is 0.385. The standard InChI is InChI=1S/C26H30BrNO5/c1-5-6-7-13-28-23(17-9-8-10-19(14-17)33-16(2)3)22(25(30)26(28)31)24(29)18-11-12-21(32-4)20(27)15-18/h8-12,14-16,23,29H,5-7,13H2,1-4H3/b24-22+. The molecule has 1 fully saturated rings. The van der Waals surface area contributed by atoms with Gasteiger partial charge in [0.2, 0.25) is 0 Å². The number of benzene rings is 2. The number of unbranched alkanes of at least 4 members (excludes halogenated alkanes) is 2. The molecule has 1 heterocycles. The van der Waals surface area contributed by atoms with E-state index in [2.05, 4.69) is 22.9 Å². The lowest BCUT2D eigenvalue weighted by Gasteiger charge is -2.26. The van der Waals surface area contributed by atoms with Gasteiger partial charge in [0.25, 0.3) is 11.7 Å². The molecule has 0 saturated carbocycles. The zero-order valence-electron chi connectivity index (χ0n) is 19.4. The number of ketones is 1. The van der Waals surface area contributed by atoms with Gasteiger partial charge in [-0.3, -0.25) is 9.59 Å². The highest BCUT2D eigenvalue weighted by Crippen LogP contribution is 2.41. The second kappa shape index (κ2) is 10.9. The Hall–Kier alpha value is -2.80. The van der Waals surface area contributed by atoms with Gasteiger partial charge in [-0.25, -0.2) is 0 Å². The van der Waals surface area contributed by atoms with Crippen molar-refractivity contribution < 1.29 is 24.2 Å². The number of hydrogen-bond acceptors (Lipinski definition) is 5. The molecule has 0 aliphatic carbocycles. The number of hydrogen-bond donors (Lipinski definition) is 1. The Labute approximate surface area is 203 Å². The van der Waals surface area contributed by atoms with Crippen molar-refractivity contribution in [2.24, 2.45) is 0 Å². The second-order valence-electron chi connectivity index (χ2n) is 8.29. The summed E-state index contributed by atoms with van der Waals surface area (Å²) < 4.78 is 11.7. The van der Waals surface area contributed by atoms with Crippen LogP contribution < -0.4 is 9.47 Å². The van der Waals surface area contributed by atoms with Crippen LogP contribution in [0.2, 0.25) is 0 Å². The van der Waals surface area contributed by atoms with Crippen LogP contribution >= 0.6 is 15.9 Å². The molecule has 2 aromatic rings. The maximum absolute atomic E-state index is 13.1. The summed E-state index contributed by atoms with van der Waals surface area (Å²) in [6.07, 6.45) is 2.69. The number of Topliss-reactive ketones (excluding diaryl/α,β-unsaturated/α-hetero) is 1. The number of halogens is 1. The number of likely N-dealkylation sites (tertiary alicyclic amines) is 1. The first-order valence-corrected chi connectivity index (χ1v) is 12.0. The SMILES string of the molecule is CCCCCN1C(=O)C(=O)/C(=C(/O)c2ccc(OC)c(Br)c2)C1c1cccc(OC(C)C)c1. The van der Waals surface area contributed by atoms with Crippen LogP contribution in [-0.4, -0.2) is 41.5 Å². The first-order chi connectivity index (χ1) is 15.8. The quantitative estimate of drug-likeness (QED) is 0.196. The number of carbonyl (C=O) groups is 2. The highest BCUT2D eigenvalue weighted by Gasteiger charge is 2.45. The Morgan fingerprint density at radius 2 is 1.91 bits per heavy atom. The number of methoxy groups -OCH3 is 1. The van der Waals surface area contributed by atoms with Crippen LogP contribution in [0.1, 0.15) is 57.2 Å². The summed E-state index contributed by atoms with van der Waals surface area (Å²) in [6, 6.07) is 11.7. The smallest absolute Gasteiger partial charge is 0.295 e. The lowest BCUT2D eigenvalue weighted by molar-refractivity contribution is -0.139. The van der Waals surface area contributed by atoms with E-state index in [1.165, 1.54) is 0 Å². The second-order valence-corrected chi connectivity index (χ2v) is 9.14. The molecule has 2 aromatic carbocycles. The summed E-state index contributed by atoms with van der Waals surface area (Å²) in [5.74, 6) is -0.248. The zero-order chi connectivity index (χ0) is 24.1. The van der Waals surface area contributed by atoms with Crippen LogP contribution in [-0.2, 0) is 9.59 Å². The third kappa shape index (κ3) is 5.41. The Balaban J connectivity index is 2.13. The van der Waals surface area contributed by atoms with E-state index in [0.717, 1.165) is 24.8 Å². The lowest BCUT2D eigenvalue weighted by atomic mass is 9.95. The number of amides is 1. The van der Waals surface area contributed by atoms with Crippen molar-refractivity contribution in [2.45, 2.75) is 52.2 Å². The largest absolute Gasteiger partial charge is 0.507 e. The Bertz CT molecular complexity index is 1060. The molecular formula is C26H30BrNO5. The number of nitrogens with zero attached hydrogens (tertiary/aromatic N) is 1. The molecule has 1 N–H and O–H groups in total. The van der Waals surface area contributed by atoms with Crippen molar-refractivity contribution >= 4 is 33.4 Å². The number of aliphatic hydroxyl groups is 1. The molecule has 1 amide bonds. The summed E-state index contributed by atoms with van der Waals surface area (Å²) in [4.78, 5) is 27.7. The van der Waals surface area contributed by atoms with Crippen molar-refractivity contribution in [1.82, 2.24) is 4.90 Å². The molecule has 1 saturated heterocycles. The number of ether oxygens (including phenoxy) is 2. The minimum Gasteiger partial charge on any atom is -0.507 e. The third-order valence-corrected chi connectivity index (χ3v) is 6.13. The van der Waals surface area contributed by atoms with E-state index < -0.39 is 17.7 Å². The van der Waals surface area contributed by atoms with E-state index in [9.17, 15) is 14.7 Å². The summed E-state index contributed by atoms with van der Waals surface area (Å²) in [6.45, 7) is 6.39. The highest BCUT2D eigenvalue weighted by atomic mass is 79.9. The average molecular weight is 516 g/mol. The Kier molecular flexibility index (Phi) is 8.19. The van der Waals surface area contributed by atoms with Crippen LogP contribution in [0.3, 0.4) is 0 Å². The first-order valence-electron chi connectivity index (χ1n) is 11.2. The van der Waals surface area contributed by atoms with E-state index in [4.69, 9.17) is 9.47 Å². The van der Waals surface area contributed by atoms with Crippen LogP contribution in [0.4, 0.5) is 0 Å². The van der Waals surface area contributed by atoms with Gasteiger partial charge in [0.15, 0.2) is 0 Å². The maximum atomic E-state index is 13.1. The van der Waals surface area contributed by atoms with Gasteiger partial charge in [-0.15, -0.1) is 0 Å². The Morgan fingerprint density at radius 3 is 2.55 bits per heavy atom. The van der Waals surface area contributed by atoms with Crippen molar-refractivity contribution in [3.05, 3.63) is 63.6 Å². The van der Waals surface area contributed by atoms with E-state index in [-0.39, 0.29) is 17.4 Å². The number of aliphatic hydroxyl groups excluding tert-OH is 1. The van der Waals surface area contributed by atoms with Gasteiger partial charge in [0, 0.05) is 12.1 Å². The van der Waals surface area contributed by atoms with E-state index in [1.807, 2.05) is 38.1 Å². The van der Waals surface area contributed by atoms with E-state index >= 15 is 0 Å². The molecule has 33 heavy (non-hydrogen) atoms. The van der Waals surface area contributed by atoms with E-state index in [1.54, 1.807) is 30.2 Å². The molecule has 0 aromatic heterocycles. The number of rotatable bonds is 9. The van der Waals surface area contributed by atoms with Gasteiger partial charge in [0.05, 0.1) is 29.3 Å². The van der Waals surface area contributed by atoms with E-state index in [0.29, 0.717) is 28.1 Å². The number of carbonyl (C=O) groups excluding carboxylic acids is 2. The molecule has 1 aliphatic heterocycles. The normalized spacial score (nSPS) is 17.6. The van der Waals surface area contributed by atoms with Gasteiger partial charge < -0.3 is 19.5 Å². The lowest BCUT2D eigenvalue weighted by Crippen LogP contribution is -2.30. The fourth-order valence-corrected chi connectivity index (χ4v) is 4.53. The van der Waals surface area contributed by atoms with Crippen LogP contribution in [0, 0.1) is 0 Å². The summed E-state index contributed by atoms with van der Waals surface area (Å²) >= 11 is 3.42. The summed E-state index contributed by atoms with van der Waals surface area (Å²) in [7, 11) is 1.55. The molecule has 176 valence electrons. The molecule has 0 bridgehead atoms. The van der Waals surface area contributed by atoms with Crippen molar-refractivity contribution in [2.75, 3.05) is 13.7 Å². The molecule has 1 atom stereocenters. The van der Waals surface area contributed by atoms with Gasteiger partial charge in [0.1, 0.15) is 17.3 Å². The first kappa shape index (κ1) is 24.8. The van der Waals surface area contributed by atoms with Crippen molar-refractivity contribution in [3.8, 4) is 11.5 Å². The zero-order valence-corrected chi connectivity index (χ0v) is 21.0. The third-order valence-electron chi connectivity index (χ3n) is 5.51. The monoisotopic (exact) mass is 515 g/mol. The molecule has 3 rings (SSSR count). The minimum absolute atomic E-state index is 0.0205. The molecule has 6 nitrogen and oxygen atoms in total. The fourth-order valence-electron chi connectivity index (χ4n) is 3.99. The minimum atomic E-state index is -0.696. The van der Waals surface area contributed by atoms with Crippen molar-refractivity contribution in [1.29, 1.82) is 0 Å². The maximum Gasteiger partial charge on any atom is 0.295 e. The highest BCUT2D eigenvalue weighted by molar-refractivity contribution is 9.10. The molecule has 7 heteroatoms. The van der Waals surface area contributed by atoms with Crippen LogP contribution in [0.15, 0.2) is 52.5 Å². The predicted molar refractivity (Wildman–Crippen MR) is 131 cm³/mol. The molecule has 1 aliphatic rings. The molecule has 1 unspecified atom stereocenters. The van der Waals surface area contributed by atoms with Gasteiger partial charge >= 0.3 is 0 Å². The van der Waals surface area contributed by atoms with Crippen LogP contribution in [0.5, 0.6) is 11.5 Å². The van der Waals surface area contributed by atoms with Gasteiger partial charge in [-0.2, -0.15) is 0 Å². The molecular weight excluding hydrogens is 486 g/mol. The molecule has 0 spiro atoms. The summed E-state index contributed by atoms with van der Waals surface area (Å²) in [5, 5.41) is 11.2. The van der Waals surface area contributed by atoms with Gasteiger partial charge in [-0.05, 0) is 72.1 Å². The molecule has 0 radical (unpaired) electrons. The average Bonchev–Trinajstić information content (AvgIpc) is 3.03. The topological polar surface area (TPSA) is 76.1 Å². The Morgan fingerprint density at radius 1 is 1.15 bits per heavy atom.